The second kappa shape index (κ2) is 11.9. The number of benzene rings is 2. The molecule has 0 aliphatic rings. The van der Waals surface area contributed by atoms with Gasteiger partial charge in [-0.3, -0.25) is 14.2 Å². The highest BCUT2D eigenvalue weighted by Gasteiger charge is 2.14. The Morgan fingerprint density at radius 3 is 2.46 bits per heavy atom. The molecule has 0 bridgehead atoms. The number of carbonyl (C=O) groups is 1. The summed E-state index contributed by atoms with van der Waals surface area (Å²) in [6.07, 6.45) is 4.62. The molecule has 2 heterocycles. The molecule has 8 nitrogen and oxygen atoms in total. The molecule has 0 spiro atoms. The van der Waals surface area contributed by atoms with Crippen LogP contribution in [0.25, 0.3) is 11.3 Å². The highest BCUT2D eigenvalue weighted by atomic mass is 32.2. The van der Waals surface area contributed by atoms with E-state index < -0.39 is 0 Å². The van der Waals surface area contributed by atoms with Crippen LogP contribution in [0.2, 0.25) is 0 Å². The van der Waals surface area contributed by atoms with E-state index >= 15 is 0 Å². The molecule has 4 aromatic rings. The van der Waals surface area contributed by atoms with Crippen LogP contribution in [0.4, 0.5) is 5.95 Å². The van der Waals surface area contributed by atoms with Gasteiger partial charge in [0.2, 0.25) is 11.8 Å². The minimum absolute atomic E-state index is 0.0922. The van der Waals surface area contributed by atoms with Gasteiger partial charge in [0, 0.05) is 37.0 Å². The Labute approximate surface area is 222 Å². The fourth-order valence-corrected chi connectivity index (χ4v) is 4.40. The average Bonchev–Trinajstić information content (AvgIpc) is 3.28. The maximum absolute atomic E-state index is 12.4. The van der Waals surface area contributed by atoms with E-state index in [9.17, 15) is 4.79 Å². The van der Waals surface area contributed by atoms with Crippen molar-refractivity contribution in [3.63, 3.8) is 0 Å². The molecule has 4 rings (SSSR count). The quantitative estimate of drug-likeness (QED) is 0.243. The van der Waals surface area contributed by atoms with Gasteiger partial charge in [-0.25, -0.2) is 4.98 Å². The monoisotopic (exact) mass is 516 g/mol. The smallest absolute Gasteiger partial charge is 0.251 e. The molecule has 0 radical (unpaired) electrons. The SMILES string of the molecule is Cc1cccc(C)c1-c1cc(Oc2ccc(C(=O)NCCC(C)C)cc2)nc(NSc2cnn(C)c2)n1. The van der Waals surface area contributed by atoms with Crippen LogP contribution in [-0.2, 0) is 7.05 Å². The van der Waals surface area contributed by atoms with Crippen molar-refractivity contribution in [1.29, 1.82) is 0 Å². The zero-order chi connectivity index (χ0) is 26.4. The van der Waals surface area contributed by atoms with Gasteiger partial charge >= 0.3 is 0 Å². The van der Waals surface area contributed by atoms with Crippen molar-refractivity contribution < 1.29 is 9.53 Å². The van der Waals surface area contributed by atoms with Gasteiger partial charge in [0.25, 0.3) is 5.91 Å². The highest BCUT2D eigenvalue weighted by Crippen LogP contribution is 2.31. The molecular weight excluding hydrogens is 484 g/mol. The molecule has 0 unspecified atom stereocenters. The van der Waals surface area contributed by atoms with E-state index in [1.165, 1.54) is 11.9 Å². The molecule has 9 heteroatoms. The molecule has 2 N–H and O–H groups in total. The van der Waals surface area contributed by atoms with E-state index in [1.807, 2.05) is 25.4 Å². The molecule has 0 saturated carbocycles. The van der Waals surface area contributed by atoms with Gasteiger partial charge in [-0.15, -0.1) is 0 Å². The second-order valence-corrected chi connectivity index (χ2v) is 10.2. The van der Waals surface area contributed by atoms with E-state index in [0.717, 1.165) is 33.7 Å². The van der Waals surface area contributed by atoms with Crippen molar-refractivity contribution in [2.75, 3.05) is 11.3 Å². The lowest BCUT2D eigenvalue weighted by Gasteiger charge is -2.13. The van der Waals surface area contributed by atoms with Crippen molar-refractivity contribution in [2.45, 2.75) is 39.0 Å². The largest absolute Gasteiger partial charge is 0.439 e. The van der Waals surface area contributed by atoms with E-state index in [-0.39, 0.29) is 5.91 Å². The van der Waals surface area contributed by atoms with Gasteiger partial charge in [-0.2, -0.15) is 10.1 Å². The number of rotatable bonds is 10. The van der Waals surface area contributed by atoms with Gasteiger partial charge in [-0.1, -0.05) is 32.0 Å². The first-order valence-corrected chi connectivity index (χ1v) is 13.0. The lowest BCUT2D eigenvalue weighted by molar-refractivity contribution is 0.0952. The predicted octanol–water partition coefficient (Wildman–Crippen LogP) is 6.18. The third kappa shape index (κ3) is 7.10. The number of hydrogen-bond donors (Lipinski definition) is 2. The topological polar surface area (TPSA) is 94.0 Å². The molecule has 0 aliphatic carbocycles. The van der Waals surface area contributed by atoms with E-state index in [4.69, 9.17) is 9.72 Å². The number of nitrogens with zero attached hydrogens (tertiary/aromatic N) is 4. The van der Waals surface area contributed by atoms with Gasteiger partial charge in [0.05, 0.1) is 16.8 Å². The molecule has 0 saturated heterocycles. The summed E-state index contributed by atoms with van der Waals surface area (Å²) in [5.74, 6) is 1.85. The van der Waals surface area contributed by atoms with Crippen molar-refractivity contribution >= 4 is 23.8 Å². The zero-order valence-electron chi connectivity index (χ0n) is 21.8. The van der Waals surface area contributed by atoms with Gasteiger partial charge < -0.3 is 10.1 Å². The molecule has 0 aliphatic heterocycles. The molecule has 2 aromatic heterocycles. The maximum Gasteiger partial charge on any atom is 0.251 e. The summed E-state index contributed by atoms with van der Waals surface area (Å²) in [7, 11) is 1.87. The highest BCUT2D eigenvalue weighted by molar-refractivity contribution is 8.00. The molecule has 0 fully saturated rings. The van der Waals surface area contributed by atoms with Crippen molar-refractivity contribution in [1.82, 2.24) is 25.1 Å². The van der Waals surface area contributed by atoms with Crippen LogP contribution in [0, 0.1) is 19.8 Å². The van der Waals surface area contributed by atoms with E-state index in [2.05, 4.69) is 59.9 Å². The lowest BCUT2D eigenvalue weighted by atomic mass is 10.00. The first-order valence-electron chi connectivity index (χ1n) is 12.2. The van der Waals surface area contributed by atoms with Crippen molar-refractivity contribution in [2.24, 2.45) is 13.0 Å². The number of aryl methyl sites for hydroxylation is 3. The normalized spacial score (nSPS) is 11.0. The van der Waals surface area contributed by atoms with Gasteiger partial charge in [0.1, 0.15) is 5.75 Å². The molecule has 37 heavy (non-hydrogen) atoms. The summed E-state index contributed by atoms with van der Waals surface area (Å²) >= 11 is 1.38. The predicted molar refractivity (Wildman–Crippen MR) is 148 cm³/mol. The average molecular weight is 517 g/mol. The standard InChI is InChI=1S/C28H32N6O2S/c1-18(2)13-14-29-27(35)21-9-11-22(12-10-21)36-25-15-24(26-19(3)7-6-8-20(26)4)31-28(32-25)33-37-23-16-30-34(5)17-23/h6-12,15-18H,13-14H2,1-5H3,(H,29,35)(H,31,32,33). The summed E-state index contributed by atoms with van der Waals surface area (Å²) in [5.41, 5.74) is 4.62. The lowest BCUT2D eigenvalue weighted by Crippen LogP contribution is -2.25. The van der Waals surface area contributed by atoms with Crippen LogP contribution < -0.4 is 14.8 Å². The zero-order valence-corrected chi connectivity index (χ0v) is 22.6. The minimum atomic E-state index is -0.0922. The molecule has 192 valence electrons. The van der Waals surface area contributed by atoms with E-state index in [0.29, 0.717) is 35.6 Å². The minimum Gasteiger partial charge on any atom is -0.439 e. The number of nitrogens with one attached hydrogen (secondary N) is 2. The number of aromatic nitrogens is 4. The summed E-state index contributed by atoms with van der Waals surface area (Å²) < 4.78 is 11.1. The number of anilines is 1. The first-order chi connectivity index (χ1) is 17.8. The number of amides is 1. The summed E-state index contributed by atoms with van der Waals surface area (Å²) in [5, 5.41) is 7.15. The van der Waals surface area contributed by atoms with Crippen molar-refractivity contribution in [3.05, 3.63) is 77.6 Å². The Balaban J connectivity index is 1.56. The van der Waals surface area contributed by atoms with Crippen molar-refractivity contribution in [3.8, 4) is 22.9 Å². The Kier molecular flexibility index (Phi) is 8.45. The van der Waals surface area contributed by atoms with Crippen LogP contribution in [0.5, 0.6) is 11.6 Å². The van der Waals surface area contributed by atoms with Crippen LogP contribution >= 0.6 is 11.9 Å². The van der Waals surface area contributed by atoms with Crippen LogP contribution in [0.15, 0.2) is 65.8 Å². The number of hydrogen-bond acceptors (Lipinski definition) is 7. The Morgan fingerprint density at radius 1 is 1.08 bits per heavy atom. The summed E-state index contributed by atoms with van der Waals surface area (Å²) in [4.78, 5) is 22.7. The fourth-order valence-electron chi connectivity index (χ4n) is 3.80. The Hall–Kier alpha value is -3.85. The molecule has 0 atom stereocenters. The third-order valence-corrected chi connectivity index (χ3v) is 6.46. The Morgan fingerprint density at radius 2 is 1.81 bits per heavy atom. The maximum atomic E-state index is 12.4. The summed E-state index contributed by atoms with van der Waals surface area (Å²) in [6.45, 7) is 9.05. The number of carbonyl (C=O) groups excluding carboxylic acids is 1. The second-order valence-electron chi connectivity index (χ2n) is 9.30. The third-order valence-electron chi connectivity index (χ3n) is 5.73. The van der Waals surface area contributed by atoms with Gasteiger partial charge in [-0.05, 0) is 73.5 Å². The number of ether oxygens (including phenoxy) is 1. The first kappa shape index (κ1) is 26.2. The molecule has 1 amide bonds. The Bertz CT molecular complexity index is 1350. The van der Waals surface area contributed by atoms with Crippen LogP contribution in [0.1, 0.15) is 41.8 Å². The van der Waals surface area contributed by atoms with Crippen LogP contribution in [0.3, 0.4) is 0 Å². The molecular formula is C28H32N6O2S. The summed E-state index contributed by atoms with van der Waals surface area (Å²) in [6, 6.07) is 15.1. The molecule has 2 aromatic carbocycles. The van der Waals surface area contributed by atoms with Gasteiger partial charge in [0.15, 0.2) is 0 Å². The van der Waals surface area contributed by atoms with E-state index in [1.54, 1.807) is 35.1 Å². The fraction of sp³-hybridized carbons (Fsp3) is 0.286. The van der Waals surface area contributed by atoms with Crippen LogP contribution in [-0.4, -0.2) is 32.2 Å².